The maximum atomic E-state index is 14.2. The zero-order valence-electron chi connectivity index (χ0n) is 42.4. The monoisotopic (exact) mass is 1010 g/mol. The van der Waals surface area contributed by atoms with Gasteiger partial charge in [-0.1, -0.05) is 44.2 Å². The first-order valence-corrected chi connectivity index (χ1v) is 27.0. The van der Waals surface area contributed by atoms with Crippen LogP contribution in [-0.4, -0.2) is 122 Å². The van der Waals surface area contributed by atoms with Gasteiger partial charge in [0.05, 0.1) is 36.1 Å². The van der Waals surface area contributed by atoms with E-state index in [2.05, 4.69) is 30.8 Å². The van der Waals surface area contributed by atoms with Gasteiger partial charge in [0, 0.05) is 67.7 Å². The van der Waals surface area contributed by atoms with Crippen LogP contribution in [0.3, 0.4) is 0 Å². The van der Waals surface area contributed by atoms with Crippen molar-refractivity contribution < 1.29 is 28.7 Å². The van der Waals surface area contributed by atoms with Gasteiger partial charge in [-0.25, -0.2) is 15.0 Å². The normalized spacial score (nSPS) is 18.5. The number of piperazine rings is 1. The van der Waals surface area contributed by atoms with Gasteiger partial charge in [0.25, 0.3) is 5.56 Å². The molecule has 19 heteroatoms. The van der Waals surface area contributed by atoms with Crippen molar-refractivity contribution in [1.82, 2.24) is 44.9 Å². The molecule has 4 fully saturated rings. The Kier molecular flexibility index (Phi) is 16.2. The predicted molar refractivity (Wildman–Crippen MR) is 280 cm³/mol. The van der Waals surface area contributed by atoms with Crippen LogP contribution in [-0.2, 0) is 14.4 Å². The lowest BCUT2D eigenvalue weighted by atomic mass is 9.83. The second-order valence-corrected chi connectivity index (χ2v) is 20.8. The third-order valence-electron chi connectivity index (χ3n) is 15.2. The lowest BCUT2D eigenvalue weighted by molar-refractivity contribution is -0.139. The molecule has 18 nitrogen and oxygen atoms in total. The molecular formula is C54H67N11O7S. The van der Waals surface area contributed by atoms with Crippen molar-refractivity contribution in [2.45, 2.75) is 128 Å². The highest BCUT2D eigenvalue weighted by atomic mass is 32.1. The molecule has 1 aromatic carbocycles. The summed E-state index contributed by atoms with van der Waals surface area (Å²) in [7, 11) is 1.73. The number of nitrogens with zero attached hydrogens (tertiary/aromatic N) is 8. The molecule has 9 rings (SSSR count). The standard InChI is InChI=1S/C54H67N11O7S/c1-33-41-31-57-54(61-49(41)65(38-16-8-9-17-38)52(70)46(33)35(3)66)59-44-22-21-39(30-56-44)62-24-26-63(27-25-62)45(67)20-12-28-72-40-18-10-15-37(29-40)48(68)42-32-73-51(58-42)43-19-11-23-64(43)53(71)47(36-13-6-5-7-14-36)60-50(69)34(2)55-4/h10,15,18,21-22,29-32,34,36,38,43,47,55H,5-9,11-14,16-17,19-20,23-28H2,1-4H3,(H,60,69)(H,56,57,59,61)/t34-,43-,47-/m0/s1. The SMILES string of the molecule is CN[C@@H](C)C(=O)N[C@H](C(=O)N1CCC[C@H]1c1nc(C(=O)c2cccc(OCCCC(=O)N3CCN(c4ccc(Nc5ncc6c(C)c(C(C)=O)c(=O)n(C7CCCC7)c6n5)nc4)CC3)c2)cs1)C1CCCCC1. The van der Waals surface area contributed by atoms with Gasteiger partial charge in [-0.05, 0) is 109 Å². The number of hydrogen-bond acceptors (Lipinski definition) is 15. The number of benzene rings is 1. The van der Waals surface area contributed by atoms with E-state index in [1.165, 1.54) is 18.3 Å². The Morgan fingerprint density at radius 2 is 1.64 bits per heavy atom. The molecule has 73 heavy (non-hydrogen) atoms. The first-order chi connectivity index (χ1) is 35.4. The number of carbonyl (C=O) groups excluding carboxylic acids is 5. The van der Waals surface area contributed by atoms with Crippen molar-refractivity contribution in [2.24, 2.45) is 5.92 Å². The van der Waals surface area contributed by atoms with Gasteiger partial charge in [-0.3, -0.25) is 33.3 Å². The molecule has 4 aromatic heterocycles. The first kappa shape index (κ1) is 51.3. The van der Waals surface area contributed by atoms with Crippen molar-refractivity contribution in [1.29, 1.82) is 0 Å². The number of fused-ring (bicyclic) bond motifs is 1. The molecule has 4 aliphatic rings. The predicted octanol–water partition coefficient (Wildman–Crippen LogP) is 7.09. The van der Waals surface area contributed by atoms with E-state index >= 15 is 0 Å². The smallest absolute Gasteiger partial charge is 0.263 e. The molecule has 2 aliphatic heterocycles. The second-order valence-electron chi connectivity index (χ2n) is 20.0. The summed E-state index contributed by atoms with van der Waals surface area (Å²) >= 11 is 1.38. The molecule has 0 unspecified atom stereocenters. The number of rotatable bonds is 18. The van der Waals surface area contributed by atoms with Crippen LogP contribution in [0.4, 0.5) is 17.5 Å². The lowest BCUT2D eigenvalue weighted by Crippen LogP contribution is -2.55. The number of likely N-dealkylation sites (tertiary alicyclic amines) is 1. The summed E-state index contributed by atoms with van der Waals surface area (Å²) in [5.41, 5.74) is 2.69. The summed E-state index contributed by atoms with van der Waals surface area (Å²) in [6, 6.07) is 9.55. The van der Waals surface area contributed by atoms with Gasteiger partial charge in [-0.2, -0.15) is 4.98 Å². The summed E-state index contributed by atoms with van der Waals surface area (Å²) in [5, 5.41) is 12.4. The molecule has 2 saturated carbocycles. The van der Waals surface area contributed by atoms with Gasteiger partial charge < -0.3 is 35.4 Å². The number of amides is 3. The van der Waals surface area contributed by atoms with E-state index < -0.39 is 12.1 Å². The van der Waals surface area contributed by atoms with Gasteiger partial charge >= 0.3 is 0 Å². The van der Waals surface area contributed by atoms with E-state index in [-0.39, 0.29) is 58.4 Å². The molecule has 3 amide bonds. The highest BCUT2D eigenvalue weighted by Crippen LogP contribution is 2.37. The third kappa shape index (κ3) is 11.5. The Morgan fingerprint density at radius 1 is 0.877 bits per heavy atom. The van der Waals surface area contributed by atoms with Gasteiger partial charge in [0.15, 0.2) is 5.78 Å². The zero-order valence-corrected chi connectivity index (χ0v) is 43.2. The van der Waals surface area contributed by atoms with Crippen molar-refractivity contribution in [3.8, 4) is 5.75 Å². The molecule has 2 aliphatic carbocycles. The molecular weight excluding hydrogens is 947 g/mol. The van der Waals surface area contributed by atoms with Gasteiger partial charge in [0.1, 0.15) is 34.0 Å². The third-order valence-corrected chi connectivity index (χ3v) is 16.2. The van der Waals surface area contributed by atoms with E-state index in [9.17, 15) is 28.8 Å². The molecule has 0 bridgehead atoms. The van der Waals surface area contributed by atoms with Crippen LogP contribution >= 0.6 is 11.3 Å². The minimum absolute atomic E-state index is 0.0162. The minimum atomic E-state index is -0.593. The maximum Gasteiger partial charge on any atom is 0.263 e. The number of hydrogen-bond donors (Lipinski definition) is 3. The number of aryl methyl sites for hydroxylation is 1. The summed E-state index contributed by atoms with van der Waals surface area (Å²) in [4.78, 5) is 105. The summed E-state index contributed by atoms with van der Waals surface area (Å²) in [6.45, 7) is 8.33. The Balaban J connectivity index is 0.736. The van der Waals surface area contributed by atoms with Crippen LogP contribution in [0.15, 0.2) is 59.0 Å². The lowest BCUT2D eigenvalue weighted by Gasteiger charge is -2.36. The Hall–Kier alpha value is -6.60. The largest absolute Gasteiger partial charge is 0.494 e. The second kappa shape index (κ2) is 23.1. The number of pyridine rings is 2. The number of likely N-dealkylation sites (N-methyl/N-ethyl adjacent to an activating group) is 1. The number of carbonyl (C=O) groups is 5. The summed E-state index contributed by atoms with van der Waals surface area (Å²) in [6.07, 6.45) is 14.7. The summed E-state index contributed by atoms with van der Waals surface area (Å²) in [5.74, 6) is 0.782. The van der Waals surface area contributed by atoms with E-state index in [1.807, 2.05) is 21.9 Å². The topological polar surface area (TPSA) is 214 Å². The van der Waals surface area contributed by atoms with Crippen LogP contribution in [0.1, 0.15) is 146 Å². The van der Waals surface area contributed by atoms with Crippen molar-refractivity contribution in [2.75, 3.05) is 56.6 Å². The molecule has 5 aromatic rings. The van der Waals surface area contributed by atoms with Crippen molar-refractivity contribution >= 4 is 69.1 Å². The fraction of sp³-hybridized carbons (Fsp3) is 0.519. The average molecular weight is 1010 g/mol. The van der Waals surface area contributed by atoms with Gasteiger partial charge in [-0.15, -0.1) is 11.3 Å². The highest BCUT2D eigenvalue weighted by molar-refractivity contribution is 7.10. The van der Waals surface area contributed by atoms with Crippen LogP contribution in [0.2, 0.25) is 0 Å². The Labute approximate surface area is 429 Å². The van der Waals surface area contributed by atoms with Crippen LogP contribution < -0.4 is 31.1 Å². The van der Waals surface area contributed by atoms with E-state index in [4.69, 9.17) is 14.7 Å². The molecule has 2 saturated heterocycles. The zero-order chi connectivity index (χ0) is 51.2. The van der Waals surface area contributed by atoms with Crippen LogP contribution in [0.25, 0.3) is 11.0 Å². The number of ether oxygens (including phenoxy) is 1. The van der Waals surface area contributed by atoms with E-state index in [0.29, 0.717) is 97.5 Å². The van der Waals surface area contributed by atoms with Gasteiger partial charge in [0.2, 0.25) is 29.5 Å². The number of anilines is 3. The molecule has 386 valence electrons. The highest BCUT2D eigenvalue weighted by Gasteiger charge is 2.40. The number of Topliss-reactive ketones (excluding diaryl/α,β-unsaturated/α-hetero) is 1. The van der Waals surface area contributed by atoms with E-state index in [1.54, 1.807) is 67.5 Å². The number of nitrogens with one attached hydrogen (secondary N) is 3. The summed E-state index contributed by atoms with van der Waals surface area (Å²) < 4.78 is 7.73. The van der Waals surface area contributed by atoms with Crippen LogP contribution in [0, 0.1) is 12.8 Å². The number of aromatic nitrogens is 5. The molecule has 6 heterocycles. The minimum Gasteiger partial charge on any atom is -0.494 e. The fourth-order valence-electron chi connectivity index (χ4n) is 11.0. The maximum absolute atomic E-state index is 14.2. The van der Waals surface area contributed by atoms with Crippen LogP contribution in [0.5, 0.6) is 5.75 Å². The Morgan fingerprint density at radius 3 is 2.37 bits per heavy atom. The molecule has 3 N–H and O–H groups in total. The van der Waals surface area contributed by atoms with E-state index in [0.717, 1.165) is 81.3 Å². The quantitative estimate of drug-likeness (QED) is 0.0591. The first-order valence-electron chi connectivity index (χ1n) is 26.1. The Bertz CT molecular complexity index is 2890. The molecule has 3 atom stereocenters. The number of thiazole rings is 1. The molecule has 0 spiro atoms. The average Bonchev–Trinajstić information content (AvgIpc) is 4.23. The number of ketones is 2. The van der Waals surface area contributed by atoms with Crippen molar-refractivity contribution in [3.63, 3.8) is 0 Å². The van der Waals surface area contributed by atoms with Crippen molar-refractivity contribution in [3.05, 3.63) is 91.9 Å². The molecule has 0 radical (unpaired) electrons. The fourth-order valence-corrected chi connectivity index (χ4v) is 11.9.